The van der Waals surface area contributed by atoms with Crippen molar-refractivity contribution >= 4 is 17.9 Å². The largest absolute Gasteiger partial charge is 0.379 e. The van der Waals surface area contributed by atoms with Crippen molar-refractivity contribution in [2.45, 2.75) is 33.2 Å². The average Bonchev–Trinajstić information content (AvgIpc) is 2.97. The topological polar surface area (TPSA) is 98.3 Å². The van der Waals surface area contributed by atoms with Gasteiger partial charge in [0.05, 0.1) is 26.3 Å². The van der Waals surface area contributed by atoms with Crippen LogP contribution in [0.25, 0.3) is 0 Å². The molecule has 0 aromatic carbocycles. The van der Waals surface area contributed by atoms with Gasteiger partial charge in [0, 0.05) is 38.8 Å². The lowest BCUT2D eigenvalue weighted by Gasteiger charge is -2.34. The molecule has 3 N–H and O–H groups in total. The summed E-state index contributed by atoms with van der Waals surface area (Å²) in [7, 11) is 0. The number of hydrogen-bond donors (Lipinski definition) is 3. The van der Waals surface area contributed by atoms with Crippen LogP contribution in [0.5, 0.6) is 0 Å². The summed E-state index contributed by atoms with van der Waals surface area (Å²) in [5.74, 6) is 1.13. The number of guanidine groups is 1. The molecule has 2 fully saturated rings. The van der Waals surface area contributed by atoms with Gasteiger partial charge in [-0.1, -0.05) is 13.8 Å². The van der Waals surface area contributed by atoms with Gasteiger partial charge < -0.3 is 20.7 Å². The van der Waals surface area contributed by atoms with Gasteiger partial charge >= 0.3 is 6.03 Å². The van der Waals surface area contributed by atoms with Crippen molar-refractivity contribution in [3.63, 3.8) is 0 Å². The van der Waals surface area contributed by atoms with Gasteiger partial charge in [0.25, 0.3) is 0 Å². The molecule has 0 aliphatic carbocycles. The lowest BCUT2D eigenvalue weighted by atomic mass is 10.0. The quantitative estimate of drug-likeness (QED) is 0.291. The van der Waals surface area contributed by atoms with Gasteiger partial charge in [0.15, 0.2) is 5.96 Å². The zero-order chi connectivity index (χ0) is 19.6. The Labute approximate surface area is 161 Å². The smallest absolute Gasteiger partial charge is 0.324 e. The Morgan fingerprint density at radius 2 is 2.00 bits per heavy atom. The van der Waals surface area contributed by atoms with E-state index in [1.54, 1.807) is 0 Å². The molecule has 2 saturated heterocycles. The minimum atomic E-state index is -0.326. The summed E-state index contributed by atoms with van der Waals surface area (Å²) >= 11 is 0. The van der Waals surface area contributed by atoms with Crippen molar-refractivity contribution in [1.29, 1.82) is 0 Å². The van der Waals surface area contributed by atoms with Crippen molar-refractivity contribution in [2.75, 3.05) is 59.0 Å². The van der Waals surface area contributed by atoms with Gasteiger partial charge in [-0.25, -0.2) is 4.79 Å². The summed E-state index contributed by atoms with van der Waals surface area (Å²) in [5.41, 5.74) is 0. The number of carbonyl (C=O) groups is 2. The number of nitrogens with one attached hydrogen (secondary N) is 3. The Kier molecular flexibility index (Phi) is 8.80. The van der Waals surface area contributed by atoms with Crippen LogP contribution in [0.4, 0.5) is 4.79 Å². The molecule has 154 valence electrons. The van der Waals surface area contributed by atoms with Crippen molar-refractivity contribution in [3.8, 4) is 0 Å². The van der Waals surface area contributed by atoms with Crippen LogP contribution in [0.15, 0.2) is 4.99 Å². The van der Waals surface area contributed by atoms with Crippen molar-refractivity contribution in [2.24, 2.45) is 10.9 Å². The first-order chi connectivity index (χ1) is 13.0. The molecule has 9 heteroatoms. The Morgan fingerprint density at radius 1 is 1.26 bits per heavy atom. The fourth-order valence-corrected chi connectivity index (χ4v) is 3.33. The third-order valence-electron chi connectivity index (χ3n) is 4.67. The molecule has 2 aliphatic heterocycles. The Balaban J connectivity index is 1.88. The standard InChI is InChI=1S/C18H34N6O3/c1-4-19-17(20-5-6-24-16(25)13-22-18(24)26)21-12-15(11-14(2)3)23-7-9-27-10-8-23/h14-15H,4-13H2,1-3H3,(H,22,26)(H2,19,20,21). The Morgan fingerprint density at radius 3 is 2.59 bits per heavy atom. The van der Waals surface area contributed by atoms with Crippen LogP contribution in [0.3, 0.4) is 0 Å². The van der Waals surface area contributed by atoms with Gasteiger partial charge in [-0.3, -0.25) is 19.6 Å². The molecule has 0 aromatic heterocycles. The molecule has 2 heterocycles. The fourth-order valence-electron chi connectivity index (χ4n) is 3.33. The highest BCUT2D eigenvalue weighted by Crippen LogP contribution is 2.14. The van der Waals surface area contributed by atoms with Crippen LogP contribution in [0.2, 0.25) is 0 Å². The van der Waals surface area contributed by atoms with E-state index in [9.17, 15) is 9.59 Å². The van der Waals surface area contributed by atoms with Gasteiger partial charge in [-0.15, -0.1) is 0 Å². The van der Waals surface area contributed by atoms with E-state index < -0.39 is 0 Å². The summed E-state index contributed by atoms with van der Waals surface area (Å²) in [5, 5.41) is 8.98. The summed E-state index contributed by atoms with van der Waals surface area (Å²) in [6.45, 7) is 12.3. The molecule has 0 aromatic rings. The molecule has 3 amide bonds. The number of hydrogen-bond acceptors (Lipinski definition) is 5. The maximum Gasteiger partial charge on any atom is 0.324 e. The second-order valence-electron chi connectivity index (χ2n) is 7.28. The van der Waals surface area contributed by atoms with Crippen LogP contribution < -0.4 is 16.0 Å². The lowest BCUT2D eigenvalue weighted by molar-refractivity contribution is -0.124. The molecule has 1 unspecified atom stereocenters. The molecule has 0 spiro atoms. The average molecular weight is 383 g/mol. The SMILES string of the molecule is CCNC(=NCC(CC(C)C)N1CCOCC1)NCCN1C(=O)CNC1=O. The van der Waals surface area contributed by atoms with Crippen LogP contribution in [-0.2, 0) is 9.53 Å². The molecule has 1 atom stereocenters. The number of amides is 3. The second kappa shape index (κ2) is 11.1. The van der Waals surface area contributed by atoms with Crippen molar-refractivity contribution in [3.05, 3.63) is 0 Å². The van der Waals surface area contributed by atoms with Crippen molar-refractivity contribution < 1.29 is 14.3 Å². The zero-order valence-corrected chi connectivity index (χ0v) is 16.8. The number of rotatable bonds is 9. The summed E-state index contributed by atoms with van der Waals surface area (Å²) in [4.78, 5) is 31.7. The molecule has 0 radical (unpaired) electrons. The summed E-state index contributed by atoms with van der Waals surface area (Å²) < 4.78 is 5.47. The fraction of sp³-hybridized carbons (Fsp3) is 0.833. The van der Waals surface area contributed by atoms with E-state index in [4.69, 9.17) is 9.73 Å². The number of carbonyl (C=O) groups excluding carboxylic acids is 2. The van der Waals surface area contributed by atoms with Gasteiger partial charge in [0.1, 0.15) is 0 Å². The van der Waals surface area contributed by atoms with E-state index in [1.807, 2.05) is 6.92 Å². The highest BCUT2D eigenvalue weighted by Gasteiger charge is 2.27. The monoisotopic (exact) mass is 382 g/mol. The summed E-state index contributed by atoms with van der Waals surface area (Å²) in [6, 6.07) is 0.0587. The number of morpholine rings is 1. The Bertz CT molecular complexity index is 503. The first-order valence-electron chi connectivity index (χ1n) is 9.93. The van der Waals surface area contributed by atoms with E-state index in [2.05, 4.69) is 34.7 Å². The third kappa shape index (κ3) is 6.99. The molecule has 2 aliphatic rings. The predicted octanol–water partition coefficient (Wildman–Crippen LogP) is -0.160. The number of urea groups is 1. The second-order valence-corrected chi connectivity index (χ2v) is 7.28. The van der Waals surface area contributed by atoms with Crippen molar-refractivity contribution in [1.82, 2.24) is 25.8 Å². The molecule has 9 nitrogen and oxygen atoms in total. The van der Waals surface area contributed by atoms with E-state index >= 15 is 0 Å². The van der Waals surface area contributed by atoms with Gasteiger partial charge in [-0.2, -0.15) is 0 Å². The molecule has 0 bridgehead atoms. The van der Waals surface area contributed by atoms with Crippen LogP contribution >= 0.6 is 0 Å². The minimum absolute atomic E-state index is 0.0867. The lowest BCUT2D eigenvalue weighted by Crippen LogP contribution is -2.47. The molecule has 0 saturated carbocycles. The minimum Gasteiger partial charge on any atom is -0.379 e. The Hall–Kier alpha value is -1.87. The van der Waals surface area contributed by atoms with E-state index in [0.29, 0.717) is 37.6 Å². The van der Waals surface area contributed by atoms with Gasteiger partial charge in [-0.05, 0) is 19.3 Å². The highest BCUT2D eigenvalue weighted by molar-refractivity contribution is 6.01. The maximum atomic E-state index is 11.6. The maximum absolute atomic E-state index is 11.6. The molecular formula is C18H34N6O3. The summed E-state index contributed by atoms with van der Waals surface area (Å²) in [6.07, 6.45) is 1.09. The number of nitrogens with zero attached hydrogens (tertiary/aromatic N) is 3. The van der Waals surface area contributed by atoms with Gasteiger partial charge in [0.2, 0.25) is 5.91 Å². The number of aliphatic imine (C=N–C) groups is 1. The number of imide groups is 1. The number of ether oxygens (including phenoxy) is 1. The van der Waals surface area contributed by atoms with Crippen LogP contribution in [0, 0.1) is 5.92 Å². The third-order valence-corrected chi connectivity index (χ3v) is 4.67. The highest BCUT2D eigenvalue weighted by atomic mass is 16.5. The first kappa shape index (κ1) is 21.4. The van der Waals surface area contributed by atoms with E-state index in [1.165, 1.54) is 4.90 Å². The first-order valence-corrected chi connectivity index (χ1v) is 9.93. The molecule has 27 heavy (non-hydrogen) atoms. The van der Waals surface area contributed by atoms with Crippen LogP contribution in [0.1, 0.15) is 27.2 Å². The van der Waals surface area contributed by atoms with E-state index in [-0.39, 0.29) is 18.5 Å². The normalized spacial score (nSPS) is 20.1. The predicted molar refractivity (Wildman–Crippen MR) is 105 cm³/mol. The zero-order valence-electron chi connectivity index (χ0n) is 16.8. The van der Waals surface area contributed by atoms with Crippen LogP contribution in [-0.4, -0.2) is 92.8 Å². The van der Waals surface area contributed by atoms with E-state index in [0.717, 1.165) is 39.3 Å². The molecule has 2 rings (SSSR count). The molecular weight excluding hydrogens is 348 g/mol.